The van der Waals surface area contributed by atoms with Crippen LogP contribution < -0.4 is 11.3 Å². The topological polar surface area (TPSA) is 182 Å². The van der Waals surface area contributed by atoms with Gasteiger partial charge in [0.25, 0.3) is 0 Å². The number of benzene rings is 2. The third-order valence-corrected chi connectivity index (χ3v) is 5.86. The van der Waals surface area contributed by atoms with Crippen molar-refractivity contribution < 1.29 is 39.5 Å². The second-order valence-corrected chi connectivity index (χ2v) is 7.97. The minimum atomic E-state index is -1.17. The third kappa shape index (κ3) is 3.53. The first-order chi connectivity index (χ1) is 16.2. The summed E-state index contributed by atoms with van der Waals surface area (Å²) in [4.78, 5) is 25.9. The number of fused-ring (bicyclic) bond motifs is 2. The molecule has 6 N–H and O–H groups in total. The van der Waals surface area contributed by atoms with Gasteiger partial charge >= 0.3 is 11.3 Å². The molecule has 0 fully saturated rings. The Balaban J connectivity index is 2.03. The van der Waals surface area contributed by atoms with Gasteiger partial charge < -0.3 is 39.5 Å². The molecule has 0 saturated heterocycles. The molecule has 10 nitrogen and oxygen atoms in total. The van der Waals surface area contributed by atoms with E-state index in [2.05, 4.69) is 0 Å². The van der Waals surface area contributed by atoms with Crippen molar-refractivity contribution in [3.05, 3.63) is 56.2 Å². The van der Waals surface area contributed by atoms with Crippen LogP contribution in [0.5, 0.6) is 34.5 Å². The first kappa shape index (κ1) is 22.8. The van der Waals surface area contributed by atoms with Crippen LogP contribution in [0.1, 0.15) is 49.7 Å². The fourth-order valence-electron chi connectivity index (χ4n) is 4.13. The van der Waals surface area contributed by atoms with Gasteiger partial charge in [-0.2, -0.15) is 0 Å². The van der Waals surface area contributed by atoms with Crippen LogP contribution in [0.3, 0.4) is 0 Å². The molecule has 0 saturated carbocycles. The van der Waals surface area contributed by atoms with E-state index in [1.165, 1.54) is 12.1 Å². The van der Waals surface area contributed by atoms with Gasteiger partial charge in [-0.25, -0.2) is 9.59 Å². The fourth-order valence-corrected chi connectivity index (χ4v) is 4.13. The molecule has 0 bridgehead atoms. The van der Waals surface area contributed by atoms with Gasteiger partial charge in [-0.1, -0.05) is 26.2 Å². The van der Waals surface area contributed by atoms with E-state index >= 15 is 0 Å². The zero-order valence-corrected chi connectivity index (χ0v) is 18.0. The largest absolute Gasteiger partial charge is 0.507 e. The number of phenolic OH excluding ortho intramolecular Hbond substituents is 4. The second-order valence-electron chi connectivity index (χ2n) is 7.97. The van der Waals surface area contributed by atoms with Gasteiger partial charge in [-0.15, -0.1) is 0 Å². The molecule has 2 aromatic carbocycles. The first-order valence-corrected chi connectivity index (χ1v) is 10.6. The lowest BCUT2D eigenvalue weighted by Gasteiger charge is -2.19. The Labute approximate surface area is 191 Å². The van der Waals surface area contributed by atoms with E-state index in [0.29, 0.717) is 6.42 Å². The van der Waals surface area contributed by atoms with Crippen LogP contribution in [0.2, 0.25) is 0 Å². The van der Waals surface area contributed by atoms with Crippen molar-refractivity contribution in [2.24, 2.45) is 0 Å². The lowest BCUT2D eigenvalue weighted by atomic mass is 9.86. The minimum absolute atomic E-state index is 0.0855. The molecule has 4 aromatic rings. The van der Waals surface area contributed by atoms with E-state index in [1.54, 1.807) is 0 Å². The van der Waals surface area contributed by atoms with Crippen molar-refractivity contribution in [3.63, 3.8) is 0 Å². The zero-order chi connectivity index (χ0) is 24.7. The molecule has 178 valence electrons. The highest BCUT2D eigenvalue weighted by atomic mass is 16.4. The molecular formula is C24H22O10. The van der Waals surface area contributed by atoms with Crippen molar-refractivity contribution in [2.75, 3.05) is 0 Å². The maximum absolute atomic E-state index is 12.9. The summed E-state index contributed by atoms with van der Waals surface area (Å²) in [7, 11) is 0. The van der Waals surface area contributed by atoms with Gasteiger partial charge in [0.05, 0.1) is 21.9 Å². The Bertz CT molecular complexity index is 1420. The normalized spacial score (nSPS) is 11.6. The maximum Gasteiger partial charge on any atom is 0.343 e. The van der Waals surface area contributed by atoms with E-state index < -0.39 is 62.8 Å². The van der Waals surface area contributed by atoms with Crippen molar-refractivity contribution in [1.82, 2.24) is 0 Å². The van der Waals surface area contributed by atoms with Gasteiger partial charge in [0.1, 0.15) is 11.5 Å². The average Bonchev–Trinajstić information content (AvgIpc) is 2.79. The van der Waals surface area contributed by atoms with Crippen molar-refractivity contribution in [2.45, 2.75) is 38.5 Å². The summed E-state index contributed by atoms with van der Waals surface area (Å²) < 4.78 is 10.4. The Morgan fingerprint density at radius 3 is 1.53 bits per heavy atom. The monoisotopic (exact) mass is 470 g/mol. The highest BCUT2D eigenvalue weighted by Gasteiger charge is 2.32. The van der Waals surface area contributed by atoms with Crippen LogP contribution in [0.25, 0.3) is 21.9 Å². The molecule has 0 radical (unpaired) electrons. The first-order valence-electron chi connectivity index (χ1n) is 10.6. The molecular weight excluding hydrogens is 448 g/mol. The number of rotatable bonds is 6. The molecule has 10 heteroatoms. The third-order valence-electron chi connectivity index (χ3n) is 5.86. The second kappa shape index (κ2) is 8.54. The van der Waals surface area contributed by atoms with Crippen molar-refractivity contribution in [1.29, 1.82) is 0 Å². The number of hydrogen-bond acceptors (Lipinski definition) is 10. The standard InChI is InChI=1S/C24H22O10/c1-2-3-4-5-10(15-17(27)11-6-8-13(25)19(29)21(11)33-23(15)31)16-18(28)12-7-9-14(26)20(30)22(12)34-24(16)32/h6-10,25-30H,2-5H2,1H3. The maximum atomic E-state index is 12.9. The summed E-state index contributed by atoms with van der Waals surface area (Å²) in [6.07, 6.45) is 2.19. The SMILES string of the molecule is CCCCCC(c1c(O)c2ccc(O)c(O)c2oc1=O)c1c(O)c2ccc(O)c(O)c2oc1=O. The van der Waals surface area contributed by atoms with Crippen LogP contribution in [-0.2, 0) is 0 Å². The quantitative estimate of drug-likeness (QED) is 0.137. The predicted octanol–water partition coefficient (Wildman–Crippen LogP) is 3.85. The van der Waals surface area contributed by atoms with Gasteiger partial charge in [0.15, 0.2) is 22.7 Å². The molecule has 0 spiro atoms. The van der Waals surface area contributed by atoms with E-state index in [0.717, 1.165) is 25.0 Å². The summed E-state index contributed by atoms with van der Waals surface area (Å²) in [6.45, 7) is 1.95. The van der Waals surface area contributed by atoms with Crippen LogP contribution in [0.15, 0.2) is 42.7 Å². The molecule has 34 heavy (non-hydrogen) atoms. The number of phenols is 4. The summed E-state index contributed by atoms with van der Waals surface area (Å²) in [5, 5.41) is 61.2. The fraction of sp³-hybridized carbons (Fsp3) is 0.250. The molecule has 0 amide bonds. The van der Waals surface area contributed by atoms with Gasteiger partial charge in [0, 0.05) is 5.92 Å². The lowest BCUT2D eigenvalue weighted by Crippen LogP contribution is -2.20. The molecule has 0 unspecified atom stereocenters. The smallest absolute Gasteiger partial charge is 0.343 e. The molecule has 2 heterocycles. The highest BCUT2D eigenvalue weighted by Crippen LogP contribution is 2.45. The highest BCUT2D eigenvalue weighted by molar-refractivity contribution is 5.92. The molecule has 0 aliphatic carbocycles. The molecule has 4 rings (SSSR count). The van der Waals surface area contributed by atoms with Gasteiger partial charge in [0.2, 0.25) is 11.5 Å². The summed E-state index contributed by atoms with van der Waals surface area (Å²) in [6, 6.07) is 4.67. The molecule has 2 aromatic heterocycles. The van der Waals surface area contributed by atoms with E-state index in [-0.39, 0.29) is 28.3 Å². The molecule has 0 atom stereocenters. The summed E-state index contributed by atoms with van der Waals surface area (Å²) in [5.41, 5.74) is -3.71. The van der Waals surface area contributed by atoms with E-state index in [9.17, 15) is 40.2 Å². The average molecular weight is 470 g/mol. The van der Waals surface area contributed by atoms with E-state index in [4.69, 9.17) is 8.83 Å². The lowest BCUT2D eigenvalue weighted by molar-refractivity contribution is 0.389. The van der Waals surface area contributed by atoms with Crippen LogP contribution >= 0.6 is 0 Å². The molecule has 0 aliphatic rings. The number of unbranched alkanes of at least 4 members (excludes halogenated alkanes) is 2. The minimum Gasteiger partial charge on any atom is -0.507 e. The van der Waals surface area contributed by atoms with Gasteiger partial charge in [-0.3, -0.25) is 0 Å². The number of hydrogen-bond donors (Lipinski definition) is 6. The van der Waals surface area contributed by atoms with Crippen LogP contribution in [0.4, 0.5) is 0 Å². The predicted molar refractivity (Wildman–Crippen MR) is 121 cm³/mol. The van der Waals surface area contributed by atoms with E-state index in [1.807, 2.05) is 6.92 Å². The van der Waals surface area contributed by atoms with Crippen molar-refractivity contribution >= 4 is 21.9 Å². The Hall–Kier alpha value is -4.34. The summed E-state index contributed by atoms with van der Waals surface area (Å²) in [5.74, 6) is -4.92. The Morgan fingerprint density at radius 1 is 0.676 bits per heavy atom. The number of aromatic hydroxyl groups is 6. The Kier molecular flexibility index (Phi) is 5.74. The van der Waals surface area contributed by atoms with Crippen LogP contribution in [-0.4, -0.2) is 30.6 Å². The van der Waals surface area contributed by atoms with Gasteiger partial charge in [-0.05, 0) is 30.7 Å². The summed E-state index contributed by atoms with van der Waals surface area (Å²) >= 11 is 0. The molecule has 0 aliphatic heterocycles. The van der Waals surface area contributed by atoms with Crippen molar-refractivity contribution in [3.8, 4) is 34.5 Å². The van der Waals surface area contributed by atoms with Crippen LogP contribution in [0, 0.1) is 0 Å². The Morgan fingerprint density at radius 2 is 1.12 bits per heavy atom. The zero-order valence-electron chi connectivity index (χ0n) is 18.0.